The molecule has 0 saturated carbocycles. The minimum atomic E-state index is -3.87. The third-order valence-electron chi connectivity index (χ3n) is 3.31. The number of phenols is 2. The molecule has 4 N–H and O–H groups in total. The number of hydrazine groups is 1. The zero-order valence-electron chi connectivity index (χ0n) is 14.1. The fraction of sp³-hybridized carbons (Fsp3) is 0.188. The van der Waals surface area contributed by atoms with Gasteiger partial charge in [0.05, 0.1) is 0 Å². The molecule has 2 aromatic carbocycles. The van der Waals surface area contributed by atoms with E-state index in [-0.39, 0.29) is 17.9 Å². The third-order valence-corrected chi connectivity index (χ3v) is 4.63. The molecule has 140 valence electrons. The monoisotopic (exact) mass is 381 g/mol. The van der Waals surface area contributed by atoms with Crippen LogP contribution in [0.4, 0.5) is 0 Å². The molecule has 0 aliphatic carbocycles. The van der Waals surface area contributed by atoms with E-state index < -0.39 is 27.6 Å². The van der Waals surface area contributed by atoms with Crippen LogP contribution in [0, 0.1) is 0 Å². The summed E-state index contributed by atoms with van der Waals surface area (Å²) in [5.74, 6) is -1.96. The van der Waals surface area contributed by atoms with E-state index in [2.05, 4.69) is 0 Å². The average Bonchev–Trinajstić information content (AvgIpc) is 2.59. The van der Waals surface area contributed by atoms with Gasteiger partial charge in [0.1, 0.15) is 6.61 Å². The van der Waals surface area contributed by atoms with Gasteiger partial charge in [-0.3, -0.25) is 10.2 Å². The Morgan fingerprint density at radius 3 is 2.23 bits per heavy atom. The molecule has 1 amide bonds. The first-order chi connectivity index (χ1) is 12.2. The highest BCUT2D eigenvalue weighted by Gasteiger charge is 2.18. The van der Waals surface area contributed by atoms with Crippen LogP contribution in [-0.2, 0) is 16.8 Å². The number of amides is 1. The van der Waals surface area contributed by atoms with E-state index in [0.29, 0.717) is 0 Å². The number of aromatic hydroxyl groups is 2. The van der Waals surface area contributed by atoms with Crippen molar-refractivity contribution in [3.05, 3.63) is 53.6 Å². The minimum Gasteiger partial charge on any atom is -0.504 e. The van der Waals surface area contributed by atoms with Gasteiger partial charge in [-0.05, 0) is 17.7 Å². The maximum absolute atomic E-state index is 12.0. The van der Waals surface area contributed by atoms with Gasteiger partial charge in [-0.2, -0.15) is 12.7 Å². The van der Waals surface area contributed by atoms with Crippen LogP contribution in [0.5, 0.6) is 17.2 Å². The number of nitrogens with zero attached hydrogens (tertiary/aromatic N) is 1. The first-order valence-electron chi connectivity index (χ1n) is 7.43. The maximum atomic E-state index is 12.0. The predicted molar refractivity (Wildman–Crippen MR) is 93.8 cm³/mol. The van der Waals surface area contributed by atoms with E-state index in [9.17, 15) is 23.4 Å². The van der Waals surface area contributed by atoms with Gasteiger partial charge in [0.25, 0.3) is 16.1 Å². The third kappa shape index (κ3) is 4.85. The van der Waals surface area contributed by atoms with Crippen molar-refractivity contribution in [1.29, 1.82) is 0 Å². The molecule has 0 fully saturated rings. The van der Waals surface area contributed by atoms with Crippen molar-refractivity contribution in [3.8, 4) is 17.2 Å². The first kappa shape index (κ1) is 19.5. The Morgan fingerprint density at radius 2 is 1.69 bits per heavy atom. The average molecular weight is 381 g/mol. The smallest absolute Gasteiger partial charge is 0.295 e. The zero-order valence-corrected chi connectivity index (χ0v) is 14.9. The fourth-order valence-corrected chi connectivity index (χ4v) is 2.29. The molecule has 0 saturated heterocycles. The van der Waals surface area contributed by atoms with Crippen LogP contribution in [0.1, 0.15) is 15.9 Å². The second kappa shape index (κ2) is 8.04. The quantitative estimate of drug-likeness (QED) is 0.523. The number of hydrogen-bond donors (Lipinski definition) is 4. The molecule has 0 heterocycles. The highest BCUT2D eigenvalue weighted by atomic mass is 32.2. The van der Waals surface area contributed by atoms with Crippen molar-refractivity contribution in [3.63, 3.8) is 0 Å². The summed E-state index contributed by atoms with van der Waals surface area (Å²) in [5.41, 5.74) is 2.64. The van der Waals surface area contributed by atoms with Gasteiger partial charge in [-0.25, -0.2) is 0 Å². The number of rotatable bonds is 7. The maximum Gasteiger partial charge on any atom is 0.295 e. The van der Waals surface area contributed by atoms with Gasteiger partial charge in [-0.15, -0.1) is 4.83 Å². The molecule has 0 radical (unpaired) electrons. The molecular formula is C16H19N3O6S. The van der Waals surface area contributed by atoms with Crippen LogP contribution in [0.25, 0.3) is 0 Å². The molecule has 2 aromatic rings. The van der Waals surface area contributed by atoms with Crippen LogP contribution in [0.2, 0.25) is 0 Å². The highest BCUT2D eigenvalue weighted by Crippen LogP contribution is 2.37. The Kier molecular flexibility index (Phi) is 6.03. The van der Waals surface area contributed by atoms with Crippen molar-refractivity contribution in [2.45, 2.75) is 6.61 Å². The molecule has 10 heteroatoms. The molecule has 9 nitrogen and oxygen atoms in total. The lowest BCUT2D eigenvalue weighted by Crippen LogP contribution is -2.46. The molecule has 0 unspecified atom stereocenters. The fourth-order valence-electron chi connectivity index (χ4n) is 1.88. The number of ether oxygens (including phenoxy) is 1. The molecule has 2 rings (SSSR count). The topological polar surface area (TPSA) is 128 Å². The van der Waals surface area contributed by atoms with Crippen molar-refractivity contribution in [2.75, 3.05) is 14.1 Å². The normalized spacial score (nSPS) is 11.3. The van der Waals surface area contributed by atoms with E-state index in [1.807, 2.05) is 40.6 Å². The van der Waals surface area contributed by atoms with E-state index in [0.717, 1.165) is 22.0 Å². The number of phenolic OH excluding ortho intramolecular Hbond substituents is 2. The van der Waals surface area contributed by atoms with Gasteiger partial charge in [0.15, 0.2) is 11.5 Å². The molecule has 26 heavy (non-hydrogen) atoms. The molecule has 0 bridgehead atoms. The Hall–Kier alpha value is -2.82. The number of carbonyl (C=O) groups is 1. The summed E-state index contributed by atoms with van der Waals surface area (Å²) in [5, 5.41) is 20.0. The van der Waals surface area contributed by atoms with E-state index >= 15 is 0 Å². The van der Waals surface area contributed by atoms with Crippen LogP contribution in [0.15, 0.2) is 42.5 Å². The van der Waals surface area contributed by atoms with Crippen LogP contribution in [0.3, 0.4) is 0 Å². The second-order valence-corrected chi connectivity index (χ2v) is 7.35. The molecular weight excluding hydrogens is 362 g/mol. The summed E-state index contributed by atoms with van der Waals surface area (Å²) in [6.07, 6.45) is 0. The number of nitrogens with one attached hydrogen (secondary N) is 2. The standard InChI is InChI=1S/C16H19N3O6S/c1-19(2)26(23,24)18-17-16(22)12-8-13(20)15(14(21)9-12)25-10-11-6-4-3-5-7-11/h3-9,18,20-21H,10H2,1-2H3,(H,17,22). The summed E-state index contributed by atoms with van der Waals surface area (Å²) in [6.45, 7) is 0.107. The summed E-state index contributed by atoms with van der Waals surface area (Å²) < 4.78 is 29.4. The van der Waals surface area contributed by atoms with Gasteiger partial charge >= 0.3 is 0 Å². The minimum absolute atomic E-state index is 0.107. The molecule has 0 aromatic heterocycles. The van der Waals surface area contributed by atoms with Crippen molar-refractivity contribution >= 4 is 16.1 Å². The van der Waals surface area contributed by atoms with Crippen LogP contribution < -0.4 is 15.0 Å². The van der Waals surface area contributed by atoms with Gasteiger partial charge < -0.3 is 14.9 Å². The summed E-state index contributed by atoms with van der Waals surface area (Å²) >= 11 is 0. The molecule has 0 spiro atoms. The summed E-state index contributed by atoms with van der Waals surface area (Å²) in [7, 11) is -1.30. The largest absolute Gasteiger partial charge is 0.504 e. The Bertz CT molecular complexity index is 861. The lowest BCUT2D eigenvalue weighted by Gasteiger charge is -2.14. The van der Waals surface area contributed by atoms with Crippen molar-refractivity contribution in [2.24, 2.45) is 0 Å². The molecule has 0 aliphatic rings. The van der Waals surface area contributed by atoms with E-state index in [4.69, 9.17) is 4.74 Å². The van der Waals surface area contributed by atoms with E-state index in [1.165, 1.54) is 14.1 Å². The van der Waals surface area contributed by atoms with E-state index in [1.54, 1.807) is 0 Å². The van der Waals surface area contributed by atoms with Crippen LogP contribution in [-0.4, -0.2) is 42.9 Å². The first-order valence-corrected chi connectivity index (χ1v) is 8.87. The summed E-state index contributed by atoms with van der Waals surface area (Å²) in [4.78, 5) is 13.9. The molecule has 0 aliphatic heterocycles. The zero-order chi connectivity index (χ0) is 19.3. The Labute approximate surface area is 151 Å². The lowest BCUT2D eigenvalue weighted by molar-refractivity contribution is 0.0943. The highest BCUT2D eigenvalue weighted by molar-refractivity contribution is 7.87. The number of hydrogen-bond acceptors (Lipinski definition) is 6. The van der Waals surface area contributed by atoms with Crippen molar-refractivity contribution in [1.82, 2.24) is 14.6 Å². The predicted octanol–water partition coefficient (Wildman–Crippen LogP) is 0.718. The SMILES string of the molecule is CN(C)S(=O)(=O)NNC(=O)c1cc(O)c(OCc2ccccc2)c(O)c1. The van der Waals surface area contributed by atoms with Crippen LogP contribution >= 0.6 is 0 Å². The second-order valence-electron chi connectivity index (χ2n) is 5.46. The Morgan fingerprint density at radius 1 is 1.12 bits per heavy atom. The Balaban J connectivity index is 2.09. The van der Waals surface area contributed by atoms with Gasteiger partial charge in [0, 0.05) is 19.7 Å². The van der Waals surface area contributed by atoms with Gasteiger partial charge in [-0.1, -0.05) is 30.3 Å². The molecule has 0 atom stereocenters. The van der Waals surface area contributed by atoms with Crippen molar-refractivity contribution < 1.29 is 28.2 Å². The lowest BCUT2D eigenvalue weighted by atomic mass is 10.1. The number of carbonyl (C=O) groups excluding carboxylic acids is 1. The van der Waals surface area contributed by atoms with Gasteiger partial charge in [0.2, 0.25) is 5.75 Å². The number of benzene rings is 2. The summed E-state index contributed by atoms with van der Waals surface area (Å²) in [6, 6.07) is 11.2.